The first-order chi connectivity index (χ1) is 9.47. The fraction of sp³-hybridized carbons (Fsp3) is 0.357. The van der Waals surface area contributed by atoms with Crippen LogP contribution in [0.4, 0.5) is 0 Å². The molecule has 1 unspecified atom stereocenters. The van der Waals surface area contributed by atoms with Gasteiger partial charge in [-0.1, -0.05) is 42.5 Å². The Kier molecular flexibility index (Phi) is 6.11. The fourth-order valence-electron chi connectivity index (χ4n) is 1.80. The van der Waals surface area contributed by atoms with Crippen LogP contribution in [0.1, 0.15) is 17.9 Å². The number of amides is 2. The van der Waals surface area contributed by atoms with E-state index in [1.54, 1.807) is 14.1 Å². The van der Waals surface area contributed by atoms with Gasteiger partial charge in [-0.2, -0.15) is 0 Å². The highest BCUT2D eigenvalue weighted by Gasteiger charge is 2.26. The van der Waals surface area contributed by atoms with Crippen LogP contribution in [0.15, 0.2) is 30.3 Å². The number of carbonyl (C=O) groups is 2. The molecule has 1 atom stereocenters. The maximum absolute atomic E-state index is 12.4. The molecule has 0 radical (unpaired) electrons. The SMILES string of the molecule is CNC(=O)CCN(C)C(=O)C(C(N)=S)c1ccccc1. The third-order valence-corrected chi connectivity index (χ3v) is 3.23. The number of hydrogen-bond acceptors (Lipinski definition) is 3. The summed E-state index contributed by atoms with van der Waals surface area (Å²) in [4.78, 5) is 25.2. The lowest BCUT2D eigenvalue weighted by molar-refractivity contribution is -0.130. The first kappa shape index (κ1) is 16.1. The Bertz CT molecular complexity index is 490. The van der Waals surface area contributed by atoms with E-state index in [2.05, 4.69) is 5.32 Å². The molecule has 0 saturated carbocycles. The Hall–Kier alpha value is -1.95. The van der Waals surface area contributed by atoms with Crippen molar-refractivity contribution >= 4 is 29.0 Å². The fourth-order valence-corrected chi connectivity index (χ4v) is 2.04. The van der Waals surface area contributed by atoms with Crippen LogP contribution in [0.2, 0.25) is 0 Å². The van der Waals surface area contributed by atoms with Crippen LogP contribution in [0.3, 0.4) is 0 Å². The van der Waals surface area contributed by atoms with Gasteiger partial charge in [0, 0.05) is 27.1 Å². The van der Waals surface area contributed by atoms with Crippen molar-refractivity contribution in [1.82, 2.24) is 10.2 Å². The topological polar surface area (TPSA) is 75.4 Å². The molecule has 108 valence electrons. The summed E-state index contributed by atoms with van der Waals surface area (Å²) in [7, 11) is 3.20. The normalized spacial score (nSPS) is 11.5. The summed E-state index contributed by atoms with van der Waals surface area (Å²) < 4.78 is 0. The van der Waals surface area contributed by atoms with E-state index in [-0.39, 0.29) is 23.2 Å². The second-order valence-corrected chi connectivity index (χ2v) is 4.90. The molecule has 0 aliphatic carbocycles. The third kappa shape index (κ3) is 4.31. The van der Waals surface area contributed by atoms with Crippen LogP contribution in [0, 0.1) is 0 Å². The lowest BCUT2D eigenvalue weighted by Gasteiger charge is -2.23. The molecule has 20 heavy (non-hydrogen) atoms. The Morgan fingerprint density at radius 3 is 2.45 bits per heavy atom. The number of thiocarbonyl (C=S) groups is 1. The van der Waals surface area contributed by atoms with Gasteiger partial charge in [-0.3, -0.25) is 9.59 Å². The zero-order chi connectivity index (χ0) is 15.1. The summed E-state index contributed by atoms with van der Waals surface area (Å²) in [5.74, 6) is -0.968. The van der Waals surface area contributed by atoms with Gasteiger partial charge >= 0.3 is 0 Å². The Morgan fingerprint density at radius 1 is 1.35 bits per heavy atom. The zero-order valence-electron chi connectivity index (χ0n) is 11.6. The highest BCUT2D eigenvalue weighted by atomic mass is 32.1. The average molecular weight is 293 g/mol. The molecule has 3 N–H and O–H groups in total. The first-order valence-corrected chi connectivity index (χ1v) is 6.68. The van der Waals surface area contributed by atoms with E-state index in [1.807, 2.05) is 30.3 Å². The summed E-state index contributed by atoms with van der Waals surface area (Å²) >= 11 is 5.00. The number of nitrogens with zero attached hydrogens (tertiary/aromatic N) is 1. The number of rotatable bonds is 6. The third-order valence-electron chi connectivity index (χ3n) is 2.99. The monoisotopic (exact) mass is 293 g/mol. The Labute approximate surface area is 124 Å². The minimum absolute atomic E-state index is 0.115. The number of hydrogen-bond donors (Lipinski definition) is 2. The average Bonchev–Trinajstić information content (AvgIpc) is 2.45. The van der Waals surface area contributed by atoms with Crippen molar-refractivity contribution in [2.75, 3.05) is 20.6 Å². The molecule has 1 rings (SSSR count). The predicted molar refractivity (Wildman–Crippen MR) is 82.3 cm³/mol. The highest BCUT2D eigenvalue weighted by molar-refractivity contribution is 7.80. The van der Waals surface area contributed by atoms with Crippen molar-refractivity contribution in [2.24, 2.45) is 5.73 Å². The van der Waals surface area contributed by atoms with Crippen molar-refractivity contribution in [1.29, 1.82) is 0 Å². The van der Waals surface area contributed by atoms with Crippen molar-refractivity contribution in [3.8, 4) is 0 Å². The number of nitrogens with two attached hydrogens (primary N) is 1. The number of benzene rings is 1. The van der Waals surface area contributed by atoms with Gasteiger partial charge < -0.3 is 16.0 Å². The summed E-state index contributed by atoms with van der Waals surface area (Å²) in [6.07, 6.45) is 0.248. The van der Waals surface area contributed by atoms with Crippen LogP contribution >= 0.6 is 12.2 Å². The van der Waals surface area contributed by atoms with Crippen LogP contribution < -0.4 is 11.1 Å². The number of likely N-dealkylation sites (N-methyl/N-ethyl adjacent to an activating group) is 1. The molecule has 0 aliphatic heterocycles. The van der Waals surface area contributed by atoms with E-state index >= 15 is 0 Å². The molecule has 0 spiro atoms. The molecule has 5 nitrogen and oxygen atoms in total. The number of nitrogens with one attached hydrogen (secondary N) is 1. The molecule has 0 aromatic heterocycles. The van der Waals surface area contributed by atoms with Crippen molar-refractivity contribution in [2.45, 2.75) is 12.3 Å². The Balaban J connectivity index is 2.80. The molecular formula is C14H19N3O2S. The molecule has 1 aromatic rings. The smallest absolute Gasteiger partial charge is 0.236 e. The van der Waals surface area contributed by atoms with Crippen molar-refractivity contribution in [3.63, 3.8) is 0 Å². The molecule has 0 fully saturated rings. The van der Waals surface area contributed by atoms with E-state index in [1.165, 1.54) is 4.90 Å². The van der Waals surface area contributed by atoms with Crippen LogP contribution in [0.5, 0.6) is 0 Å². The van der Waals surface area contributed by atoms with Gasteiger partial charge in [-0.05, 0) is 5.56 Å². The Morgan fingerprint density at radius 2 is 1.95 bits per heavy atom. The van der Waals surface area contributed by atoms with E-state index < -0.39 is 5.92 Å². The molecule has 6 heteroatoms. The van der Waals surface area contributed by atoms with Gasteiger partial charge in [0.05, 0.1) is 4.99 Å². The van der Waals surface area contributed by atoms with E-state index in [4.69, 9.17) is 18.0 Å². The van der Waals surface area contributed by atoms with E-state index in [0.29, 0.717) is 6.54 Å². The largest absolute Gasteiger partial charge is 0.392 e. The summed E-state index contributed by atoms with van der Waals surface area (Å²) in [5.41, 5.74) is 6.46. The molecule has 0 bridgehead atoms. The van der Waals surface area contributed by atoms with Crippen LogP contribution in [-0.2, 0) is 9.59 Å². The van der Waals surface area contributed by atoms with Gasteiger partial charge in [0.1, 0.15) is 5.92 Å². The minimum Gasteiger partial charge on any atom is -0.392 e. The highest BCUT2D eigenvalue weighted by Crippen LogP contribution is 2.18. The maximum atomic E-state index is 12.4. The second kappa shape index (κ2) is 7.59. The first-order valence-electron chi connectivity index (χ1n) is 6.27. The van der Waals surface area contributed by atoms with E-state index in [9.17, 15) is 9.59 Å². The summed E-state index contributed by atoms with van der Waals surface area (Å²) in [6, 6.07) is 9.15. The van der Waals surface area contributed by atoms with Gasteiger partial charge in [0.25, 0.3) is 0 Å². The lowest BCUT2D eigenvalue weighted by atomic mass is 9.97. The maximum Gasteiger partial charge on any atom is 0.236 e. The van der Waals surface area contributed by atoms with Crippen LogP contribution in [0.25, 0.3) is 0 Å². The van der Waals surface area contributed by atoms with Crippen molar-refractivity contribution < 1.29 is 9.59 Å². The van der Waals surface area contributed by atoms with Gasteiger partial charge in [-0.15, -0.1) is 0 Å². The summed E-state index contributed by atoms with van der Waals surface area (Å²) in [5, 5.41) is 2.52. The second-order valence-electron chi connectivity index (χ2n) is 4.43. The van der Waals surface area contributed by atoms with Gasteiger partial charge in [-0.25, -0.2) is 0 Å². The molecule has 0 saturated heterocycles. The lowest BCUT2D eigenvalue weighted by Crippen LogP contribution is -2.39. The quantitative estimate of drug-likeness (QED) is 0.755. The zero-order valence-corrected chi connectivity index (χ0v) is 12.4. The standard InChI is InChI=1S/C14H19N3O2S/c1-16-11(18)8-9-17(2)14(19)12(13(15)20)10-6-4-3-5-7-10/h3-7,12H,8-9H2,1-2H3,(H2,15,20)(H,16,18). The van der Waals surface area contributed by atoms with Gasteiger partial charge in [0.2, 0.25) is 11.8 Å². The summed E-state index contributed by atoms with van der Waals surface area (Å²) in [6.45, 7) is 0.324. The molecular weight excluding hydrogens is 274 g/mol. The molecule has 0 heterocycles. The molecule has 0 aliphatic rings. The van der Waals surface area contributed by atoms with Crippen molar-refractivity contribution in [3.05, 3.63) is 35.9 Å². The van der Waals surface area contributed by atoms with E-state index in [0.717, 1.165) is 5.56 Å². The predicted octanol–water partition coefficient (Wildman–Crippen LogP) is 0.651. The molecule has 2 amide bonds. The minimum atomic E-state index is -0.652. The van der Waals surface area contributed by atoms with Gasteiger partial charge in [0.15, 0.2) is 0 Å². The number of carbonyl (C=O) groups excluding carboxylic acids is 2. The van der Waals surface area contributed by atoms with Crippen LogP contribution in [-0.4, -0.2) is 42.3 Å². The molecule has 1 aromatic carbocycles.